The highest BCUT2D eigenvalue weighted by molar-refractivity contribution is 9.10. The second-order valence-electron chi connectivity index (χ2n) is 3.84. The van der Waals surface area contributed by atoms with Crippen molar-refractivity contribution in [2.75, 3.05) is 17.2 Å². The summed E-state index contributed by atoms with van der Waals surface area (Å²) < 4.78 is 18.0. The average molecular weight is 373 g/mol. The van der Waals surface area contributed by atoms with Gasteiger partial charge in [-0.05, 0) is 44.4 Å². The summed E-state index contributed by atoms with van der Waals surface area (Å²) in [5.41, 5.74) is 0.543. The monoisotopic (exact) mass is 372 g/mol. The summed E-state index contributed by atoms with van der Waals surface area (Å²) in [4.78, 5) is 0. The van der Waals surface area contributed by atoms with E-state index in [1.807, 2.05) is 0 Å². The summed E-state index contributed by atoms with van der Waals surface area (Å²) in [5.74, 6) is -0.327. The number of aromatic nitrogens is 2. The zero-order chi connectivity index (χ0) is 15.9. The third-order valence-corrected chi connectivity index (χ3v) is 3.05. The van der Waals surface area contributed by atoms with Crippen LogP contribution < -0.4 is 10.6 Å². The van der Waals surface area contributed by atoms with Crippen molar-refractivity contribution in [1.29, 1.82) is 0 Å². The summed E-state index contributed by atoms with van der Waals surface area (Å²) in [6.07, 6.45) is 1.18. The first-order valence-electron chi connectivity index (χ1n) is 5.82. The summed E-state index contributed by atoms with van der Waals surface area (Å²) in [6.45, 7) is 0.151. The lowest BCUT2D eigenvalue weighted by molar-refractivity contribution is 0.305. The number of anilines is 2. The third kappa shape index (κ3) is 3.69. The lowest BCUT2D eigenvalue weighted by Gasteiger charge is -2.07. The molecule has 0 bridgehead atoms. The van der Waals surface area contributed by atoms with Crippen LogP contribution in [0.15, 0.2) is 37.6 Å². The van der Waals surface area contributed by atoms with Gasteiger partial charge in [-0.3, -0.25) is 0 Å². The molecule has 0 aliphatic heterocycles. The first-order chi connectivity index (χ1) is 10.7. The lowest BCUT2D eigenvalue weighted by Crippen LogP contribution is -2.17. The fraction of sp³-hybridized carbons (Fsp3) is 0.0909. The Kier molecular flexibility index (Phi) is 5.25. The van der Waals surface area contributed by atoms with Crippen molar-refractivity contribution in [3.8, 4) is 0 Å². The zero-order valence-electron chi connectivity index (χ0n) is 10.9. The molecule has 0 spiro atoms. The fourth-order valence-electron chi connectivity index (χ4n) is 1.49. The molecule has 0 saturated heterocycles. The highest BCUT2D eigenvalue weighted by atomic mass is 79.9. The third-order valence-electron chi connectivity index (χ3n) is 2.44. The van der Waals surface area contributed by atoms with Gasteiger partial charge in [-0.25, -0.2) is 9.02 Å². The smallest absolute Gasteiger partial charge is 0.203 e. The van der Waals surface area contributed by atoms with Gasteiger partial charge in [0.2, 0.25) is 11.7 Å². The van der Waals surface area contributed by atoms with Crippen molar-refractivity contribution in [3.63, 3.8) is 0 Å². The van der Waals surface area contributed by atoms with E-state index < -0.39 is 5.82 Å². The normalized spacial score (nSPS) is 11.8. The van der Waals surface area contributed by atoms with Crippen LogP contribution in [0.5, 0.6) is 0 Å². The van der Waals surface area contributed by atoms with E-state index >= 15 is 0 Å². The van der Waals surface area contributed by atoms with E-state index in [4.69, 9.17) is 10.4 Å². The Balaban J connectivity index is 2.18. The van der Waals surface area contributed by atoms with E-state index in [-0.39, 0.29) is 28.4 Å². The largest absolute Gasteiger partial charge is 0.411 e. The molecule has 0 atom stereocenters. The van der Waals surface area contributed by atoms with Crippen LogP contribution in [0.25, 0.3) is 0 Å². The van der Waals surface area contributed by atoms with Gasteiger partial charge in [0.25, 0.3) is 0 Å². The van der Waals surface area contributed by atoms with E-state index in [9.17, 15) is 4.39 Å². The van der Waals surface area contributed by atoms with E-state index in [2.05, 4.69) is 51.8 Å². The predicted octanol–water partition coefficient (Wildman–Crippen LogP) is 2.09. The number of oxime groups is 2. The molecule has 0 amide bonds. The summed E-state index contributed by atoms with van der Waals surface area (Å²) in [5, 5.41) is 36.0. The molecule has 0 fully saturated rings. The minimum atomic E-state index is -0.429. The second-order valence-corrected chi connectivity index (χ2v) is 4.70. The average Bonchev–Trinajstić information content (AvgIpc) is 2.97. The minimum absolute atomic E-state index is 0.0665. The molecule has 0 aliphatic carbocycles. The molecule has 11 heteroatoms. The molecule has 0 unspecified atom stereocenters. The Morgan fingerprint density at radius 3 is 2.91 bits per heavy atom. The van der Waals surface area contributed by atoms with Gasteiger partial charge in [-0.15, -0.1) is 5.16 Å². The van der Waals surface area contributed by atoms with E-state index in [1.54, 1.807) is 0 Å². The lowest BCUT2D eigenvalue weighted by atomic mass is 10.3. The molecule has 116 valence electrons. The molecule has 22 heavy (non-hydrogen) atoms. The molecule has 4 N–H and O–H groups in total. The molecular formula is C11H10BrFN6O3. The quantitative estimate of drug-likeness (QED) is 0.273. The SMILES string of the molecule is O/N=C(\Nc1ccc(F)c(Br)c1)c1nonc1NC/C=N/O. The van der Waals surface area contributed by atoms with Crippen LogP contribution in [-0.2, 0) is 0 Å². The molecule has 1 aromatic heterocycles. The molecule has 0 saturated carbocycles. The zero-order valence-corrected chi connectivity index (χ0v) is 12.4. The topological polar surface area (TPSA) is 128 Å². The molecule has 9 nitrogen and oxygen atoms in total. The van der Waals surface area contributed by atoms with E-state index in [0.717, 1.165) is 0 Å². The van der Waals surface area contributed by atoms with Gasteiger partial charge in [0.1, 0.15) is 5.82 Å². The maximum absolute atomic E-state index is 13.2. The van der Waals surface area contributed by atoms with Crippen LogP contribution in [0.4, 0.5) is 15.9 Å². The van der Waals surface area contributed by atoms with Crippen LogP contribution >= 0.6 is 15.9 Å². The number of nitrogens with one attached hydrogen (secondary N) is 2. The maximum Gasteiger partial charge on any atom is 0.203 e. The molecule has 0 aliphatic rings. The van der Waals surface area contributed by atoms with Crippen LogP contribution in [0.3, 0.4) is 0 Å². The number of benzene rings is 1. The number of amidine groups is 1. The number of hydrogen-bond donors (Lipinski definition) is 4. The van der Waals surface area contributed by atoms with Gasteiger partial charge in [0, 0.05) is 5.69 Å². The molecule has 1 heterocycles. The number of halogens is 2. The molecule has 2 rings (SSSR count). The molecular weight excluding hydrogens is 363 g/mol. The predicted molar refractivity (Wildman–Crippen MR) is 79.1 cm³/mol. The van der Waals surface area contributed by atoms with Gasteiger partial charge in [0.15, 0.2) is 5.69 Å². The standard InChI is InChI=1S/C11H10BrFN6O3/c12-7-5-6(1-2-8(7)13)16-11(17-21)9-10(19-22-18-9)14-3-4-15-20/h1-2,4-5,20-21H,3H2,(H,14,19)(H,16,17)/b15-4+. The van der Waals surface area contributed by atoms with Gasteiger partial charge in [-0.2, -0.15) is 0 Å². The van der Waals surface area contributed by atoms with Crippen LogP contribution in [0.1, 0.15) is 5.69 Å². The van der Waals surface area contributed by atoms with Crippen molar-refractivity contribution in [3.05, 3.63) is 34.2 Å². The highest BCUT2D eigenvalue weighted by Crippen LogP contribution is 2.21. The molecule has 2 aromatic rings. The van der Waals surface area contributed by atoms with E-state index in [0.29, 0.717) is 5.69 Å². The van der Waals surface area contributed by atoms with Gasteiger partial charge >= 0.3 is 0 Å². The Morgan fingerprint density at radius 2 is 2.23 bits per heavy atom. The van der Waals surface area contributed by atoms with Crippen LogP contribution in [0.2, 0.25) is 0 Å². The number of rotatable bonds is 5. The van der Waals surface area contributed by atoms with Crippen LogP contribution in [0, 0.1) is 5.82 Å². The molecule has 1 aromatic carbocycles. The summed E-state index contributed by atoms with van der Waals surface area (Å²) in [6, 6.07) is 4.14. The Hall–Kier alpha value is -2.69. The van der Waals surface area contributed by atoms with Crippen molar-refractivity contribution in [1.82, 2.24) is 10.3 Å². The number of hydrogen-bond acceptors (Lipinski definition) is 8. The van der Waals surface area contributed by atoms with Crippen LogP contribution in [-0.4, -0.2) is 39.3 Å². The first-order valence-corrected chi connectivity index (χ1v) is 6.61. The van der Waals surface area contributed by atoms with Crippen molar-refractivity contribution in [2.24, 2.45) is 10.3 Å². The fourth-order valence-corrected chi connectivity index (χ4v) is 1.86. The minimum Gasteiger partial charge on any atom is -0.411 e. The summed E-state index contributed by atoms with van der Waals surface area (Å²) in [7, 11) is 0. The summed E-state index contributed by atoms with van der Waals surface area (Å²) >= 11 is 3.05. The second kappa shape index (κ2) is 7.36. The van der Waals surface area contributed by atoms with Crippen molar-refractivity contribution >= 4 is 39.5 Å². The molecule has 0 radical (unpaired) electrons. The van der Waals surface area contributed by atoms with Crippen molar-refractivity contribution in [2.45, 2.75) is 0 Å². The van der Waals surface area contributed by atoms with Gasteiger partial charge < -0.3 is 21.0 Å². The van der Waals surface area contributed by atoms with E-state index in [1.165, 1.54) is 24.4 Å². The Labute approximate surface area is 131 Å². The highest BCUT2D eigenvalue weighted by Gasteiger charge is 2.17. The first kappa shape index (κ1) is 15.7. The Morgan fingerprint density at radius 1 is 1.41 bits per heavy atom. The maximum atomic E-state index is 13.2. The van der Waals surface area contributed by atoms with Gasteiger partial charge in [0.05, 0.1) is 17.2 Å². The van der Waals surface area contributed by atoms with Crippen molar-refractivity contribution < 1.29 is 19.4 Å². The van der Waals surface area contributed by atoms with Gasteiger partial charge in [-0.1, -0.05) is 5.16 Å². The number of nitrogens with zero attached hydrogens (tertiary/aromatic N) is 4. The Bertz CT molecular complexity index is 705.